The summed E-state index contributed by atoms with van der Waals surface area (Å²) < 4.78 is 7.44. The lowest BCUT2D eigenvalue weighted by Gasteiger charge is -2.04. The molecule has 0 unspecified atom stereocenters. The molecule has 0 saturated carbocycles. The molecule has 0 aliphatic carbocycles. The zero-order chi connectivity index (χ0) is 15.1. The standard InChI is InChI=1S/C15H13N5OS/c1-9-6-11(10(2)20(9)15-16-8-17-19-15)12-7-22-14(18-12)13-4-3-5-21-13/h3-8H,1-2H3,(H,16,17,19). The van der Waals surface area contributed by atoms with Crippen LogP contribution in [-0.2, 0) is 0 Å². The summed E-state index contributed by atoms with van der Waals surface area (Å²) in [5, 5.41) is 9.74. The van der Waals surface area contributed by atoms with E-state index in [1.54, 1.807) is 17.6 Å². The van der Waals surface area contributed by atoms with Gasteiger partial charge in [0.25, 0.3) is 0 Å². The second-order valence-electron chi connectivity index (χ2n) is 4.94. The van der Waals surface area contributed by atoms with E-state index in [-0.39, 0.29) is 0 Å². The maximum atomic E-state index is 5.41. The average Bonchev–Trinajstić information content (AvgIpc) is 3.26. The van der Waals surface area contributed by atoms with E-state index in [2.05, 4.69) is 33.2 Å². The van der Waals surface area contributed by atoms with Crippen LogP contribution in [0.2, 0.25) is 0 Å². The first kappa shape index (κ1) is 13.0. The Labute approximate surface area is 130 Å². The number of nitrogens with one attached hydrogen (secondary N) is 1. The number of rotatable bonds is 3. The van der Waals surface area contributed by atoms with Gasteiger partial charge < -0.3 is 4.42 Å². The summed E-state index contributed by atoms with van der Waals surface area (Å²) in [6.45, 7) is 4.09. The number of aromatic amines is 1. The summed E-state index contributed by atoms with van der Waals surface area (Å²) in [6.07, 6.45) is 3.16. The smallest absolute Gasteiger partial charge is 0.229 e. The van der Waals surface area contributed by atoms with Crippen molar-refractivity contribution < 1.29 is 4.42 Å². The van der Waals surface area contributed by atoms with Gasteiger partial charge in [-0.3, -0.25) is 4.57 Å². The van der Waals surface area contributed by atoms with E-state index in [9.17, 15) is 0 Å². The van der Waals surface area contributed by atoms with Gasteiger partial charge in [0.2, 0.25) is 5.95 Å². The Bertz CT molecular complexity index is 902. The molecule has 0 spiro atoms. The van der Waals surface area contributed by atoms with E-state index >= 15 is 0 Å². The number of aromatic nitrogens is 5. The van der Waals surface area contributed by atoms with Gasteiger partial charge in [-0.1, -0.05) is 0 Å². The SMILES string of the molecule is Cc1cc(-c2csc(-c3ccco3)n2)c(C)n1-c1ncn[nH]1. The normalized spacial score (nSPS) is 11.2. The fraction of sp³-hybridized carbons (Fsp3) is 0.133. The van der Waals surface area contributed by atoms with Gasteiger partial charge in [0, 0.05) is 22.3 Å². The summed E-state index contributed by atoms with van der Waals surface area (Å²) in [4.78, 5) is 8.91. The maximum Gasteiger partial charge on any atom is 0.229 e. The van der Waals surface area contributed by atoms with Crippen LogP contribution in [0.3, 0.4) is 0 Å². The lowest BCUT2D eigenvalue weighted by atomic mass is 10.2. The molecule has 0 aliphatic rings. The molecular weight excluding hydrogens is 298 g/mol. The van der Waals surface area contributed by atoms with E-state index in [4.69, 9.17) is 4.42 Å². The molecule has 0 aliphatic heterocycles. The first-order chi connectivity index (χ1) is 10.7. The summed E-state index contributed by atoms with van der Waals surface area (Å²) in [7, 11) is 0. The molecule has 0 amide bonds. The highest BCUT2D eigenvalue weighted by atomic mass is 32.1. The minimum Gasteiger partial charge on any atom is -0.462 e. The van der Waals surface area contributed by atoms with Crippen molar-refractivity contribution in [1.29, 1.82) is 0 Å². The number of aryl methyl sites for hydroxylation is 1. The molecule has 4 rings (SSSR count). The highest BCUT2D eigenvalue weighted by Gasteiger charge is 2.16. The molecule has 6 nitrogen and oxygen atoms in total. The summed E-state index contributed by atoms with van der Waals surface area (Å²) in [5.74, 6) is 1.50. The van der Waals surface area contributed by atoms with Crippen molar-refractivity contribution in [2.75, 3.05) is 0 Å². The molecule has 4 heterocycles. The quantitative estimate of drug-likeness (QED) is 0.627. The van der Waals surface area contributed by atoms with Crippen molar-refractivity contribution in [3.63, 3.8) is 0 Å². The highest BCUT2D eigenvalue weighted by Crippen LogP contribution is 2.32. The second-order valence-corrected chi connectivity index (χ2v) is 5.80. The van der Waals surface area contributed by atoms with Gasteiger partial charge in [-0.2, -0.15) is 10.1 Å². The molecule has 22 heavy (non-hydrogen) atoms. The zero-order valence-corrected chi connectivity index (χ0v) is 12.9. The number of hydrogen-bond acceptors (Lipinski definition) is 5. The maximum absolute atomic E-state index is 5.41. The van der Waals surface area contributed by atoms with Crippen molar-refractivity contribution in [1.82, 2.24) is 24.7 Å². The van der Waals surface area contributed by atoms with Gasteiger partial charge in [-0.05, 0) is 32.0 Å². The molecule has 0 saturated heterocycles. The number of furan rings is 1. The molecule has 4 aromatic heterocycles. The minimum atomic E-state index is 0.711. The number of H-pyrrole nitrogens is 1. The molecule has 0 aromatic carbocycles. The highest BCUT2D eigenvalue weighted by molar-refractivity contribution is 7.13. The molecule has 0 fully saturated rings. The topological polar surface area (TPSA) is 72.5 Å². The number of nitrogens with zero attached hydrogens (tertiary/aromatic N) is 4. The van der Waals surface area contributed by atoms with Gasteiger partial charge in [0.1, 0.15) is 6.33 Å². The Kier molecular flexibility index (Phi) is 2.93. The van der Waals surface area contributed by atoms with Crippen molar-refractivity contribution in [3.8, 4) is 28.0 Å². The van der Waals surface area contributed by atoms with Crippen LogP contribution in [0.5, 0.6) is 0 Å². The third kappa shape index (κ3) is 1.98. The Morgan fingerprint density at radius 3 is 2.95 bits per heavy atom. The van der Waals surface area contributed by atoms with Crippen LogP contribution in [0, 0.1) is 13.8 Å². The lowest BCUT2D eigenvalue weighted by Crippen LogP contribution is -2.01. The monoisotopic (exact) mass is 311 g/mol. The molecule has 0 bridgehead atoms. The molecule has 4 aromatic rings. The lowest BCUT2D eigenvalue weighted by molar-refractivity contribution is 0.582. The van der Waals surface area contributed by atoms with Gasteiger partial charge >= 0.3 is 0 Å². The predicted octanol–water partition coefficient (Wildman–Crippen LogP) is 3.60. The van der Waals surface area contributed by atoms with E-state index in [1.165, 1.54) is 6.33 Å². The number of hydrogen-bond donors (Lipinski definition) is 1. The van der Waals surface area contributed by atoms with Crippen LogP contribution in [0.1, 0.15) is 11.4 Å². The fourth-order valence-corrected chi connectivity index (χ4v) is 3.35. The van der Waals surface area contributed by atoms with Gasteiger partial charge in [0.05, 0.1) is 12.0 Å². The first-order valence-electron chi connectivity index (χ1n) is 6.78. The van der Waals surface area contributed by atoms with E-state index in [0.717, 1.165) is 33.4 Å². The molecule has 110 valence electrons. The van der Waals surface area contributed by atoms with Crippen LogP contribution in [-0.4, -0.2) is 24.7 Å². The molecular formula is C15H13N5OS. The van der Waals surface area contributed by atoms with Gasteiger partial charge in [-0.15, -0.1) is 11.3 Å². The second kappa shape index (κ2) is 4.96. The Hall–Kier alpha value is -2.67. The third-order valence-corrected chi connectivity index (χ3v) is 4.41. The molecule has 7 heteroatoms. The van der Waals surface area contributed by atoms with E-state index in [0.29, 0.717) is 5.95 Å². The number of thiazole rings is 1. The van der Waals surface area contributed by atoms with Crippen molar-refractivity contribution in [2.24, 2.45) is 0 Å². The van der Waals surface area contributed by atoms with Crippen LogP contribution < -0.4 is 0 Å². The molecule has 0 radical (unpaired) electrons. The third-order valence-electron chi connectivity index (χ3n) is 3.56. The zero-order valence-electron chi connectivity index (χ0n) is 12.1. The van der Waals surface area contributed by atoms with Crippen molar-refractivity contribution in [2.45, 2.75) is 13.8 Å². The van der Waals surface area contributed by atoms with Crippen LogP contribution in [0.25, 0.3) is 28.0 Å². The first-order valence-corrected chi connectivity index (χ1v) is 7.66. The summed E-state index contributed by atoms with van der Waals surface area (Å²) in [5.41, 5.74) is 4.18. The summed E-state index contributed by atoms with van der Waals surface area (Å²) in [6, 6.07) is 5.89. The predicted molar refractivity (Wildman–Crippen MR) is 84.0 cm³/mol. The van der Waals surface area contributed by atoms with Gasteiger partial charge in [-0.25, -0.2) is 10.1 Å². The Morgan fingerprint density at radius 1 is 1.32 bits per heavy atom. The van der Waals surface area contributed by atoms with Crippen LogP contribution in [0.4, 0.5) is 0 Å². The van der Waals surface area contributed by atoms with E-state index in [1.807, 2.05) is 29.0 Å². The van der Waals surface area contributed by atoms with Crippen molar-refractivity contribution >= 4 is 11.3 Å². The molecule has 1 N–H and O–H groups in total. The molecule has 0 atom stereocenters. The minimum absolute atomic E-state index is 0.711. The Morgan fingerprint density at radius 2 is 2.23 bits per heavy atom. The van der Waals surface area contributed by atoms with E-state index < -0.39 is 0 Å². The Balaban J connectivity index is 1.80. The van der Waals surface area contributed by atoms with Crippen LogP contribution in [0.15, 0.2) is 40.6 Å². The average molecular weight is 311 g/mol. The van der Waals surface area contributed by atoms with Crippen LogP contribution >= 0.6 is 11.3 Å². The van der Waals surface area contributed by atoms with Crippen molar-refractivity contribution in [3.05, 3.63) is 47.6 Å². The largest absolute Gasteiger partial charge is 0.462 e. The van der Waals surface area contributed by atoms with Gasteiger partial charge in [0.15, 0.2) is 10.8 Å². The fourth-order valence-electron chi connectivity index (χ4n) is 2.57. The summed E-state index contributed by atoms with van der Waals surface area (Å²) >= 11 is 1.57.